The van der Waals surface area contributed by atoms with Gasteiger partial charge in [0, 0.05) is 34.0 Å². The van der Waals surface area contributed by atoms with Crippen molar-refractivity contribution in [3.8, 4) is 67.5 Å². The van der Waals surface area contributed by atoms with E-state index < -0.39 is 0 Å². The van der Waals surface area contributed by atoms with Gasteiger partial charge in [-0.2, -0.15) is 0 Å². The second-order valence-electron chi connectivity index (χ2n) is 14.0. The predicted molar refractivity (Wildman–Crippen MR) is 228 cm³/mol. The number of nitrogens with zero attached hydrogens (tertiary/aromatic N) is 5. The molecular weight excluding hydrogens is 671 g/mol. The lowest BCUT2D eigenvalue weighted by Crippen LogP contribution is -2.03. The Morgan fingerprint density at radius 1 is 0.564 bits per heavy atom. The van der Waals surface area contributed by atoms with Crippen LogP contribution in [0.1, 0.15) is 51.4 Å². The topological polar surface area (TPSA) is 56.0 Å². The van der Waals surface area contributed by atoms with Gasteiger partial charge in [-0.3, -0.25) is 4.40 Å². The Bertz CT molecular complexity index is 2650. The first-order chi connectivity index (χ1) is 27.0. The van der Waals surface area contributed by atoms with Gasteiger partial charge in [-0.1, -0.05) is 154 Å². The third-order valence-electron chi connectivity index (χ3n) is 9.84. The molecule has 3 heterocycles. The molecule has 0 amide bonds. The number of rotatable bonds is 10. The fourth-order valence-electron chi connectivity index (χ4n) is 7.03. The van der Waals surface area contributed by atoms with Crippen LogP contribution >= 0.6 is 0 Å². The lowest BCUT2D eigenvalue weighted by atomic mass is 9.93. The lowest BCUT2D eigenvalue weighted by Gasteiger charge is -2.14. The average Bonchev–Trinajstić information content (AvgIpc) is 3.64. The molecule has 0 spiro atoms. The molecule has 268 valence electrons. The SMILES string of the molecule is C/C=C\C(=C/CC)c1nc(-c2ccc(-c3ccccc3)cc2)nc(-c2cc(-c3cccc(-c4nc5ccccn5c4-c4ccccc4)c3)cc(C(C)C)c2)n1. The Hall–Kier alpha value is -6.72. The molecule has 5 heteroatoms. The number of hydrogen-bond donors (Lipinski definition) is 0. The molecule has 55 heavy (non-hydrogen) atoms. The van der Waals surface area contributed by atoms with Gasteiger partial charge in [0.25, 0.3) is 0 Å². The molecule has 3 aromatic heterocycles. The first-order valence-corrected chi connectivity index (χ1v) is 19.0. The molecule has 0 saturated carbocycles. The van der Waals surface area contributed by atoms with Crippen LogP contribution in [0.25, 0.3) is 78.8 Å². The third-order valence-corrected chi connectivity index (χ3v) is 9.84. The zero-order chi connectivity index (χ0) is 37.7. The maximum absolute atomic E-state index is 5.16. The Morgan fingerprint density at radius 2 is 1.16 bits per heavy atom. The van der Waals surface area contributed by atoms with Gasteiger partial charge in [-0.05, 0) is 77.4 Å². The minimum atomic E-state index is 0.287. The molecule has 0 unspecified atom stereocenters. The van der Waals surface area contributed by atoms with Crippen LogP contribution in [0.15, 0.2) is 170 Å². The van der Waals surface area contributed by atoms with Crippen LogP contribution in [0, 0.1) is 0 Å². The summed E-state index contributed by atoms with van der Waals surface area (Å²) in [6, 6.07) is 51.0. The van der Waals surface area contributed by atoms with Crippen molar-refractivity contribution in [2.24, 2.45) is 0 Å². The zero-order valence-electron chi connectivity index (χ0n) is 31.7. The van der Waals surface area contributed by atoms with Crippen LogP contribution in [0.4, 0.5) is 0 Å². The highest BCUT2D eigenvalue weighted by Crippen LogP contribution is 2.37. The number of hydrogen-bond acceptors (Lipinski definition) is 4. The van der Waals surface area contributed by atoms with Gasteiger partial charge in [0.15, 0.2) is 17.5 Å². The van der Waals surface area contributed by atoms with Gasteiger partial charge in [-0.15, -0.1) is 0 Å². The standard InChI is InChI=1S/C50H43N5/c1-5-16-38(17-6-2)48-52-49(39-27-25-36(26-28-39)35-18-9-7-10-19-35)54-50(53-48)44-32-42(34(3)4)31-43(33-44)40-22-15-23-41(30-40)46-47(37-20-11-8-12-21-37)55-29-14-13-24-45(55)51-46/h5,7-34H,6H2,1-4H3/b16-5-,38-17+. The van der Waals surface area contributed by atoms with Gasteiger partial charge < -0.3 is 0 Å². The molecular formula is C50H43N5. The largest absolute Gasteiger partial charge is 0.299 e. The van der Waals surface area contributed by atoms with Crippen molar-refractivity contribution in [2.45, 2.75) is 40.0 Å². The van der Waals surface area contributed by atoms with Crippen LogP contribution < -0.4 is 0 Å². The van der Waals surface area contributed by atoms with E-state index in [9.17, 15) is 0 Å². The number of fused-ring (bicyclic) bond motifs is 1. The zero-order valence-corrected chi connectivity index (χ0v) is 31.7. The highest BCUT2D eigenvalue weighted by molar-refractivity contribution is 5.85. The van der Waals surface area contributed by atoms with Crippen LogP contribution in [-0.4, -0.2) is 24.3 Å². The fraction of sp³-hybridized carbons (Fsp3) is 0.120. The summed E-state index contributed by atoms with van der Waals surface area (Å²) in [4.78, 5) is 20.5. The van der Waals surface area contributed by atoms with E-state index in [1.165, 1.54) is 11.1 Å². The summed E-state index contributed by atoms with van der Waals surface area (Å²) in [5, 5.41) is 0. The summed E-state index contributed by atoms with van der Waals surface area (Å²) < 4.78 is 2.18. The molecule has 0 radical (unpaired) electrons. The maximum Gasteiger partial charge on any atom is 0.164 e. The molecule has 5 aromatic carbocycles. The van der Waals surface area contributed by atoms with Crippen molar-refractivity contribution in [3.63, 3.8) is 0 Å². The molecule has 8 aromatic rings. The first kappa shape index (κ1) is 35.3. The molecule has 8 rings (SSSR count). The van der Waals surface area contributed by atoms with E-state index in [4.69, 9.17) is 19.9 Å². The van der Waals surface area contributed by atoms with E-state index in [0.717, 1.165) is 68.0 Å². The summed E-state index contributed by atoms with van der Waals surface area (Å²) in [5.74, 6) is 2.23. The van der Waals surface area contributed by atoms with Gasteiger partial charge in [-0.25, -0.2) is 19.9 Å². The number of aromatic nitrogens is 5. The van der Waals surface area contributed by atoms with Crippen LogP contribution in [0.3, 0.4) is 0 Å². The Labute approximate surface area is 323 Å². The Morgan fingerprint density at radius 3 is 1.87 bits per heavy atom. The lowest BCUT2D eigenvalue weighted by molar-refractivity contribution is 0.867. The van der Waals surface area contributed by atoms with E-state index in [1.807, 2.05) is 31.2 Å². The predicted octanol–water partition coefficient (Wildman–Crippen LogP) is 13.0. The number of pyridine rings is 1. The molecule has 0 fully saturated rings. The van der Waals surface area contributed by atoms with Gasteiger partial charge >= 0.3 is 0 Å². The molecule has 0 bridgehead atoms. The van der Waals surface area contributed by atoms with E-state index in [1.54, 1.807) is 0 Å². The van der Waals surface area contributed by atoms with E-state index in [2.05, 4.69) is 171 Å². The van der Waals surface area contributed by atoms with Crippen LogP contribution in [0.5, 0.6) is 0 Å². The smallest absolute Gasteiger partial charge is 0.164 e. The minimum Gasteiger partial charge on any atom is -0.299 e. The molecule has 0 aliphatic heterocycles. The highest BCUT2D eigenvalue weighted by atomic mass is 15.0. The molecule has 0 aliphatic carbocycles. The minimum absolute atomic E-state index is 0.287. The normalized spacial score (nSPS) is 11.9. The van der Waals surface area contributed by atoms with Crippen molar-refractivity contribution in [1.29, 1.82) is 0 Å². The van der Waals surface area contributed by atoms with E-state index >= 15 is 0 Å². The second kappa shape index (κ2) is 15.7. The summed E-state index contributed by atoms with van der Waals surface area (Å²) in [6.45, 7) is 8.62. The van der Waals surface area contributed by atoms with Crippen LogP contribution in [0.2, 0.25) is 0 Å². The van der Waals surface area contributed by atoms with Crippen molar-refractivity contribution >= 4 is 11.2 Å². The van der Waals surface area contributed by atoms with Crippen molar-refractivity contribution in [1.82, 2.24) is 24.3 Å². The van der Waals surface area contributed by atoms with E-state index in [-0.39, 0.29) is 5.92 Å². The molecule has 0 aliphatic rings. The van der Waals surface area contributed by atoms with Crippen molar-refractivity contribution in [2.75, 3.05) is 0 Å². The van der Waals surface area contributed by atoms with Crippen LogP contribution in [-0.2, 0) is 0 Å². The first-order valence-electron chi connectivity index (χ1n) is 19.0. The summed E-state index contributed by atoms with van der Waals surface area (Å²) in [6.07, 6.45) is 9.24. The molecule has 5 nitrogen and oxygen atoms in total. The van der Waals surface area contributed by atoms with Gasteiger partial charge in [0.2, 0.25) is 0 Å². The second-order valence-corrected chi connectivity index (χ2v) is 14.0. The Balaban J connectivity index is 1.26. The number of allylic oxidation sites excluding steroid dienone is 4. The van der Waals surface area contributed by atoms with Gasteiger partial charge in [0.05, 0.1) is 11.4 Å². The summed E-state index contributed by atoms with van der Waals surface area (Å²) in [5.41, 5.74) is 13.7. The monoisotopic (exact) mass is 713 g/mol. The summed E-state index contributed by atoms with van der Waals surface area (Å²) >= 11 is 0. The molecule has 0 atom stereocenters. The van der Waals surface area contributed by atoms with Crippen molar-refractivity contribution < 1.29 is 0 Å². The quantitative estimate of drug-likeness (QED) is 0.132. The molecule has 0 saturated heterocycles. The highest BCUT2D eigenvalue weighted by Gasteiger charge is 2.18. The Kier molecular flexibility index (Phi) is 10.1. The summed E-state index contributed by atoms with van der Waals surface area (Å²) in [7, 11) is 0. The molecule has 0 N–H and O–H groups in total. The van der Waals surface area contributed by atoms with Gasteiger partial charge in [0.1, 0.15) is 5.65 Å². The third kappa shape index (κ3) is 7.42. The number of imidazole rings is 1. The number of benzene rings is 5. The average molecular weight is 714 g/mol. The van der Waals surface area contributed by atoms with Crippen molar-refractivity contribution in [3.05, 3.63) is 181 Å². The van der Waals surface area contributed by atoms with E-state index in [0.29, 0.717) is 17.5 Å². The maximum atomic E-state index is 5.16. The fourth-order valence-corrected chi connectivity index (χ4v) is 7.03.